The molecule has 1 heterocycles. The van der Waals surface area contributed by atoms with E-state index in [2.05, 4.69) is 10.6 Å². The van der Waals surface area contributed by atoms with Crippen molar-refractivity contribution in [1.82, 2.24) is 5.32 Å². The van der Waals surface area contributed by atoms with E-state index in [1.54, 1.807) is 0 Å². The van der Waals surface area contributed by atoms with Crippen LogP contribution in [0.1, 0.15) is 18.4 Å². The van der Waals surface area contributed by atoms with Gasteiger partial charge < -0.3 is 15.4 Å². The number of hydrogen-bond acceptors (Lipinski definition) is 2. The molecule has 1 aliphatic heterocycles. The standard InChI is InChI=1S/C12H16N2O2/c1-9-5-2-3-6-10(9)13-12(15)14-11-7-4-8-16-11/h2-3,5-6,11H,4,7-8H2,1H3,(H2,13,14,15). The molecule has 86 valence electrons. The summed E-state index contributed by atoms with van der Waals surface area (Å²) >= 11 is 0. The van der Waals surface area contributed by atoms with E-state index in [9.17, 15) is 4.79 Å². The summed E-state index contributed by atoms with van der Waals surface area (Å²) in [6.07, 6.45) is 1.76. The Morgan fingerprint density at radius 1 is 1.44 bits per heavy atom. The average molecular weight is 220 g/mol. The van der Waals surface area contributed by atoms with Gasteiger partial charge in [0, 0.05) is 12.3 Å². The highest BCUT2D eigenvalue weighted by Gasteiger charge is 2.17. The topological polar surface area (TPSA) is 50.4 Å². The first-order valence-electron chi connectivity index (χ1n) is 5.50. The summed E-state index contributed by atoms with van der Waals surface area (Å²) in [7, 11) is 0. The highest BCUT2D eigenvalue weighted by atomic mass is 16.5. The fourth-order valence-electron chi connectivity index (χ4n) is 1.71. The van der Waals surface area contributed by atoms with Crippen LogP contribution in [0.25, 0.3) is 0 Å². The molecular formula is C12H16N2O2. The second-order valence-corrected chi connectivity index (χ2v) is 3.92. The summed E-state index contributed by atoms with van der Waals surface area (Å²) in [4.78, 5) is 11.6. The largest absolute Gasteiger partial charge is 0.358 e. The van der Waals surface area contributed by atoms with Gasteiger partial charge in [0.2, 0.25) is 0 Å². The van der Waals surface area contributed by atoms with Crippen molar-refractivity contribution in [2.45, 2.75) is 26.0 Å². The van der Waals surface area contributed by atoms with E-state index in [1.165, 1.54) is 0 Å². The van der Waals surface area contributed by atoms with Gasteiger partial charge in [-0.15, -0.1) is 0 Å². The van der Waals surface area contributed by atoms with Gasteiger partial charge in [0.25, 0.3) is 0 Å². The molecule has 1 aliphatic rings. The minimum Gasteiger partial charge on any atom is -0.358 e. The van der Waals surface area contributed by atoms with Crippen LogP contribution in [-0.2, 0) is 4.74 Å². The van der Waals surface area contributed by atoms with Crippen LogP contribution in [0.3, 0.4) is 0 Å². The number of benzene rings is 1. The molecule has 2 N–H and O–H groups in total. The molecule has 1 saturated heterocycles. The fraction of sp³-hybridized carbons (Fsp3) is 0.417. The van der Waals surface area contributed by atoms with Gasteiger partial charge in [-0.2, -0.15) is 0 Å². The first-order chi connectivity index (χ1) is 7.75. The van der Waals surface area contributed by atoms with Crippen molar-refractivity contribution in [2.75, 3.05) is 11.9 Å². The Bertz CT molecular complexity index is 373. The Labute approximate surface area is 95.0 Å². The molecule has 1 fully saturated rings. The predicted molar refractivity (Wildman–Crippen MR) is 62.3 cm³/mol. The zero-order valence-electron chi connectivity index (χ0n) is 9.32. The molecule has 1 aromatic rings. The van der Waals surface area contributed by atoms with E-state index >= 15 is 0 Å². The van der Waals surface area contributed by atoms with Crippen LogP contribution in [0.15, 0.2) is 24.3 Å². The van der Waals surface area contributed by atoms with Gasteiger partial charge in [-0.3, -0.25) is 0 Å². The summed E-state index contributed by atoms with van der Waals surface area (Å²) in [5.41, 5.74) is 1.88. The average Bonchev–Trinajstić information content (AvgIpc) is 2.74. The van der Waals surface area contributed by atoms with Crippen molar-refractivity contribution in [2.24, 2.45) is 0 Å². The number of anilines is 1. The molecule has 0 aromatic heterocycles. The molecule has 1 aromatic carbocycles. The molecule has 0 aliphatic carbocycles. The number of hydrogen-bond donors (Lipinski definition) is 2. The third-order valence-corrected chi connectivity index (χ3v) is 2.62. The van der Waals surface area contributed by atoms with Crippen molar-refractivity contribution in [3.63, 3.8) is 0 Å². The Balaban J connectivity index is 1.89. The zero-order chi connectivity index (χ0) is 11.4. The quantitative estimate of drug-likeness (QED) is 0.803. The molecular weight excluding hydrogens is 204 g/mol. The van der Waals surface area contributed by atoms with Crippen molar-refractivity contribution in [1.29, 1.82) is 0 Å². The van der Waals surface area contributed by atoms with Crippen LogP contribution in [-0.4, -0.2) is 18.9 Å². The maximum Gasteiger partial charge on any atom is 0.321 e. The number of rotatable bonds is 2. The Morgan fingerprint density at radius 3 is 2.94 bits per heavy atom. The second-order valence-electron chi connectivity index (χ2n) is 3.92. The molecule has 4 heteroatoms. The Morgan fingerprint density at radius 2 is 2.25 bits per heavy atom. The number of urea groups is 1. The number of carbonyl (C=O) groups excluding carboxylic acids is 1. The van der Waals surface area contributed by atoms with Crippen molar-refractivity contribution in [3.8, 4) is 0 Å². The summed E-state index contributed by atoms with van der Waals surface area (Å²) in [5.74, 6) is 0. The summed E-state index contributed by atoms with van der Waals surface area (Å²) in [5, 5.41) is 5.59. The normalized spacial score (nSPS) is 19.4. The van der Waals surface area contributed by atoms with E-state index in [-0.39, 0.29) is 12.3 Å². The third-order valence-electron chi connectivity index (χ3n) is 2.62. The maximum atomic E-state index is 11.6. The second kappa shape index (κ2) is 4.99. The van der Waals surface area contributed by atoms with E-state index in [0.29, 0.717) is 0 Å². The summed E-state index contributed by atoms with van der Waals surface area (Å²) < 4.78 is 5.32. The minimum atomic E-state index is -0.207. The highest BCUT2D eigenvalue weighted by molar-refractivity contribution is 5.90. The SMILES string of the molecule is Cc1ccccc1NC(=O)NC1CCCO1. The number of amides is 2. The molecule has 16 heavy (non-hydrogen) atoms. The number of carbonyl (C=O) groups is 1. The van der Waals surface area contributed by atoms with Crippen LogP contribution in [0, 0.1) is 6.92 Å². The van der Waals surface area contributed by atoms with E-state index in [4.69, 9.17) is 4.74 Å². The van der Waals surface area contributed by atoms with Crippen LogP contribution < -0.4 is 10.6 Å². The summed E-state index contributed by atoms with van der Waals surface area (Å²) in [6, 6.07) is 7.47. The highest BCUT2D eigenvalue weighted by Crippen LogP contribution is 2.13. The van der Waals surface area contributed by atoms with Crippen LogP contribution in [0.5, 0.6) is 0 Å². The zero-order valence-corrected chi connectivity index (χ0v) is 9.32. The van der Waals surface area contributed by atoms with Gasteiger partial charge in [-0.25, -0.2) is 4.79 Å². The van der Waals surface area contributed by atoms with Crippen LogP contribution in [0.2, 0.25) is 0 Å². The van der Waals surface area contributed by atoms with Gasteiger partial charge in [-0.1, -0.05) is 18.2 Å². The number of para-hydroxylation sites is 1. The van der Waals surface area contributed by atoms with Gasteiger partial charge in [0.1, 0.15) is 6.23 Å². The number of aryl methyl sites for hydroxylation is 1. The number of ether oxygens (including phenoxy) is 1. The lowest BCUT2D eigenvalue weighted by Gasteiger charge is -2.13. The van der Waals surface area contributed by atoms with E-state index in [0.717, 1.165) is 30.7 Å². The van der Waals surface area contributed by atoms with Gasteiger partial charge in [0.05, 0.1) is 0 Å². The predicted octanol–water partition coefficient (Wildman–Crippen LogP) is 2.25. The van der Waals surface area contributed by atoms with Crippen molar-refractivity contribution in [3.05, 3.63) is 29.8 Å². The lowest BCUT2D eigenvalue weighted by atomic mass is 10.2. The van der Waals surface area contributed by atoms with Crippen LogP contribution in [0.4, 0.5) is 10.5 Å². The van der Waals surface area contributed by atoms with Gasteiger partial charge >= 0.3 is 6.03 Å². The molecule has 0 radical (unpaired) electrons. The molecule has 0 saturated carbocycles. The molecule has 1 atom stereocenters. The monoisotopic (exact) mass is 220 g/mol. The lowest BCUT2D eigenvalue weighted by Crippen LogP contribution is -2.37. The smallest absolute Gasteiger partial charge is 0.321 e. The molecule has 0 spiro atoms. The van der Waals surface area contributed by atoms with Crippen molar-refractivity contribution < 1.29 is 9.53 Å². The summed E-state index contributed by atoms with van der Waals surface area (Å²) in [6.45, 7) is 2.69. The van der Waals surface area contributed by atoms with E-state index in [1.807, 2.05) is 31.2 Å². The van der Waals surface area contributed by atoms with E-state index < -0.39 is 0 Å². The van der Waals surface area contributed by atoms with Crippen molar-refractivity contribution >= 4 is 11.7 Å². The third kappa shape index (κ3) is 2.73. The molecule has 2 amide bonds. The Kier molecular flexibility index (Phi) is 3.41. The molecule has 0 bridgehead atoms. The first kappa shape index (κ1) is 11.0. The molecule has 4 nitrogen and oxygen atoms in total. The lowest BCUT2D eigenvalue weighted by molar-refractivity contribution is 0.0928. The Hall–Kier alpha value is -1.55. The van der Waals surface area contributed by atoms with Gasteiger partial charge in [-0.05, 0) is 31.4 Å². The molecule has 2 rings (SSSR count). The fourth-order valence-corrected chi connectivity index (χ4v) is 1.71. The first-order valence-corrected chi connectivity index (χ1v) is 5.50. The maximum absolute atomic E-state index is 11.6. The number of nitrogens with one attached hydrogen (secondary N) is 2. The van der Waals surface area contributed by atoms with Gasteiger partial charge in [0.15, 0.2) is 0 Å². The molecule has 1 unspecified atom stereocenters. The minimum absolute atomic E-state index is 0.135. The van der Waals surface area contributed by atoms with Crippen LogP contribution >= 0.6 is 0 Å².